The van der Waals surface area contributed by atoms with Crippen molar-refractivity contribution in [1.82, 2.24) is 4.90 Å². The van der Waals surface area contributed by atoms with Crippen molar-refractivity contribution in [3.8, 4) is 0 Å². The molecule has 3 aromatic carbocycles. The minimum atomic E-state index is -1.74. The zero-order valence-corrected chi connectivity index (χ0v) is 18.4. The first-order valence-corrected chi connectivity index (χ1v) is 13.5. The smallest absolute Gasteiger partial charge is 0.146 e. The van der Waals surface area contributed by atoms with Crippen LogP contribution in [0.25, 0.3) is 0 Å². The van der Waals surface area contributed by atoms with E-state index in [1.807, 2.05) is 12.1 Å². The molecule has 154 valence electrons. The maximum absolute atomic E-state index is 14.2. The number of hydrogen-bond donors (Lipinski definition) is 0. The normalized spacial score (nSPS) is 21.6. The molecule has 0 bridgehead atoms. The fourth-order valence-corrected chi connectivity index (χ4v) is 10.9. The van der Waals surface area contributed by atoms with Crippen molar-refractivity contribution in [2.24, 2.45) is 0 Å². The lowest BCUT2D eigenvalue weighted by Gasteiger charge is -2.40. The van der Waals surface area contributed by atoms with Crippen LogP contribution in [-0.4, -0.2) is 45.2 Å². The number of hydrogen-bond acceptors (Lipinski definition) is 2. The maximum Gasteiger partial charge on any atom is 0.146 e. The van der Waals surface area contributed by atoms with E-state index in [0.29, 0.717) is 6.04 Å². The molecule has 1 unspecified atom stereocenters. The minimum absolute atomic E-state index is 0.105. The first kappa shape index (κ1) is 19.5. The van der Waals surface area contributed by atoms with Gasteiger partial charge in [-0.25, -0.2) is 4.39 Å². The van der Waals surface area contributed by atoms with Crippen LogP contribution in [0.5, 0.6) is 0 Å². The van der Waals surface area contributed by atoms with Gasteiger partial charge < -0.3 is 4.90 Å². The molecule has 2 fully saturated rings. The van der Waals surface area contributed by atoms with Gasteiger partial charge in [0.1, 0.15) is 13.9 Å². The Kier molecular flexibility index (Phi) is 5.44. The van der Waals surface area contributed by atoms with Crippen molar-refractivity contribution in [1.29, 1.82) is 0 Å². The molecule has 0 spiro atoms. The Morgan fingerprint density at radius 2 is 1.27 bits per heavy atom. The van der Waals surface area contributed by atoms with E-state index in [1.54, 1.807) is 22.5 Å². The van der Waals surface area contributed by atoms with Gasteiger partial charge in [-0.1, -0.05) is 83.2 Å². The van der Waals surface area contributed by atoms with E-state index in [-0.39, 0.29) is 5.82 Å². The zero-order chi connectivity index (χ0) is 20.4. The lowest BCUT2D eigenvalue weighted by Crippen LogP contribution is -2.57. The van der Waals surface area contributed by atoms with Crippen LogP contribution < -0.4 is 15.3 Å². The van der Waals surface area contributed by atoms with E-state index in [1.165, 1.54) is 18.5 Å². The molecule has 0 N–H and O–H groups in total. The standard InChI is InChI=1S/C26H29FN2Si/c27-25-13-7-8-14-26(25)29-18-16-28(17-19-29)22-15-20-30(21-22,23-9-3-1-4-10-23)24-11-5-2-6-12-24/h1-14,22H,15-21H2. The number of rotatable bonds is 4. The van der Waals surface area contributed by atoms with Gasteiger partial charge in [0.2, 0.25) is 0 Å². The molecule has 5 rings (SSSR count). The average molecular weight is 417 g/mol. The molecule has 2 heterocycles. The van der Waals surface area contributed by atoms with Gasteiger partial charge in [0.25, 0.3) is 0 Å². The van der Waals surface area contributed by atoms with Crippen molar-refractivity contribution in [3.63, 3.8) is 0 Å². The summed E-state index contributed by atoms with van der Waals surface area (Å²) in [4.78, 5) is 4.89. The Labute approximate surface area is 180 Å². The van der Waals surface area contributed by atoms with E-state index < -0.39 is 8.07 Å². The molecule has 2 aliphatic heterocycles. The lowest BCUT2D eigenvalue weighted by atomic mass is 10.1. The molecular weight excluding hydrogens is 387 g/mol. The Hall–Kier alpha value is -2.43. The third kappa shape index (κ3) is 3.59. The fourth-order valence-electron chi connectivity index (χ4n) is 5.57. The van der Waals surface area contributed by atoms with Gasteiger partial charge in [-0.2, -0.15) is 0 Å². The molecule has 0 aliphatic carbocycles. The fraction of sp³-hybridized carbons (Fsp3) is 0.308. The number of piperazine rings is 1. The molecule has 2 saturated heterocycles. The van der Waals surface area contributed by atoms with Crippen LogP contribution in [0.2, 0.25) is 12.1 Å². The summed E-state index contributed by atoms with van der Waals surface area (Å²) in [5, 5.41) is 3.15. The molecule has 0 saturated carbocycles. The van der Waals surface area contributed by atoms with Crippen molar-refractivity contribution >= 4 is 24.1 Å². The summed E-state index contributed by atoms with van der Waals surface area (Å²) in [5.74, 6) is -0.105. The largest absolute Gasteiger partial charge is 0.367 e. The summed E-state index contributed by atoms with van der Waals surface area (Å²) in [6, 6.07) is 32.9. The van der Waals surface area contributed by atoms with Crippen molar-refractivity contribution < 1.29 is 4.39 Å². The van der Waals surface area contributed by atoms with Crippen LogP contribution in [0.3, 0.4) is 0 Å². The maximum atomic E-state index is 14.2. The minimum Gasteiger partial charge on any atom is -0.367 e. The Balaban J connectivity index is 1.34. The van der Waals surface area contributed by atoms with Gasteiger partial charge in [-0.3, -0.25) is 4.90 Å². The highest BCUT2D eigenvalue weighted by Crippen LogP contribution is 2.34. The van der Waals surface area contributed by atoms with E-state index >= 15 is 0 Å². The summed E-state index contributed by atoms with van der Waals surface area (Å²) in [6.45, 7) is 3.85. The molecule has 1 atom stereocenters. The van der Waals surface area contributed by atoms with Crippen LogP contribution in [-0.2, 0) is 0 Å². The monoisotopic (exact) mass is 416 g/mol. The van der Waals surface area contributed by atoms with Gasteiger partial charge in [0.15, 0.2) is 0 Å². The van der Waals surface area contributed by atoms with Gasteiger partial charge in [-0.05, 0) is 30.6 Å². The van der Waals surface area contributed by atoms with Gasteiger partial charge in [0.05, 0.1) is 5.69 Å². The average Bonchev–Trinajstić information content (AvgIpc) is 3.28. The third-order valence-corrected chi connectivity index (χ3v) is 12.4. The highest BCUT2D eigenvalue weighted by Gasteiger charge is 2.46. The van der Waals surface area contributed by atoms with Crippen LogP contribution in [0.1, 0.15) is 6.42 Å². The van der Waals surface area contributed by atoms with Crippen molar-refractivity contribution in [3.05, 3.63) is 90.7 Å². The van der Waals surface area contributed by atoms with Crippen LogP contribution in [0.4, 0.5) is 10.1 Å². The summed E-state index contributed by atoms with van der Waals surface area (Å²) < 4.78 is 14.2. The summed E-state index contributed by atoms with van der Waals surface area (Å²) in [7, 11) is -1.74. The summed E-state index contributed by atoms with van der Waals surface area (Å²) in [5.41, 5.74) is 0.751. The number of nitrogens with zero attached hydrogens (tertiary/aromatic N) is 2. The van der Waals surface area contributed by atoms with Crippen molar-refractivity contribution in [2.45, 2.75) is 24.6 Å². The molecular formula is C26H29FN2Si. The number of benzene rings is 3. The first-order valence-electron chi connectivity index (χ1n) is 11.1. The molecule has 0 radical (unpaired) electrons. The Bertz CT molecular complexity index is 931. The number of halogens is 1. The molecule has 2 nitrogen and oxygen atoms in total. The van der Waals surface area contributed by atoms with Gasteiger partial charge in [0, 0.05) is 32.2 Å². The second-order valence-corrected chi connectivity index (χ2v) is 12.9. The topological polar surface area (TPSA) is 6.48 Å². The second kappa shape index (κ2) is 8.36. The Morgan fingerprint density at radius 1 is 0.700 bits per heavy atom. The summed E-state index contributed by atoms with van der Waals surface area (Å²) >= 11 is 0. The third-order valence-electron chi connectivity index (χ3n) is 7.16. The second-order valence-electron chi connectivity index (χ2n) is 8.69. The van der Waals surface area contributed by atoms with Gasteiger partial charge >= 0.3 is 0 Å². The predicted molar refractivity (Wildman–Crippen MR) is 126 cm³/mol. The predicted octanol–water partition coefficient (Wildman–Crippen LogP) is 3.98. The molecule has 0 amide bonds. The molecule has 2 aliphatic rings. The van der Waals surface area contributed by atoms with E-state index in [4.69, 9.17) is 0 Å². The highest BCUT2D eigenvalue weighted by atomic mass is 28.3. The quantitative estimate of drug-likeness (QED) is 0.594. The van der Waals surface area contributed by atoms with Crippen LogP contribution >= 0.6 is 0 Å². The van der Waals surface area contributed by atoms with E-state index in [9.17, 15) is 4.39 Å². The number of anilines is 1. The first-order chi connectivity index (χ1) is 14.8. The van der Waals surface area contributed by atoms with Crippen molar-refractivity contribution in [2.75, 3.05) is 31.1 Å². The number of para-hydroxylation sites is 1. The SMILES string of the molecule is Fc1ccccc1N1CCN(C2CC[Si](c3ccccc3)(c3ccccc3)C2)CC1. The Morgan fingerprint density at radius 3 is 1.87 bits per heavy atom. The molecule has 30 heavy (non-hydrogen) atoms. The van der Waals surface area contributed by atoms with Crippen LogP contribution in [0.15, 0.2) is 84.9 Å². The van der Waals surface area contributed by atoms with E-state index in [0.717, 1.165) is 31.9 Å². The summed E-state index contributed by atoms with van der Waals surface area (Å²) in [6.07, 6.45) is 1.27. The molecule has 0 aromatic heterocycles. The van der Waals surface area contributed by atoms with Crippen LogP contribution in [0, 0.1) is 5.82 Å². The lowest BCUT2D eigenvalue weighted by molar-refractivity contribution is 0.198. The molecule has 4 heteroatoms. The van der Waals surface area contributed by atoms with E-state index in [2.05, 4.69) is 70.5 Å². The molecule has 3 aromatic rings. The van der Waals surface area contributed by atoms with Gasteiger partial charge in [-0.15, -0.1) is 0 Å². The zero-order valence-electron chi connectivity index (χ0n) is 17.4. The highest BCUT2D eigenvalue weighted by molar-refractivity contribution is 7.02.